The number of benzene rings is 2. The second-order valence-electron chi connectivity index (χ2n) is 7.36. The molecule has 31 heavy (non-hydrogen) atoms. The molecule has 0 bridgehead atoms. The van der Waals surface area contributed by atoms with Crippen molar-refractivity contribution in [2.24, 2.45) is 0 Å². The molecule has 1 saturated heterocycles. The summed E-state index contributed by atoms with van der Waals surface area (Å²) in [6.45, 7) is 3.26. The van der Waals surface area contributed by atoms with Crippen molar-refractivity contribution in [1.29, 1.82) is 0 Å². The summed E-state index contributed by atoms with van der Waals surface area (Å²) in [7, 11) is 0. The lowest BCUT2D eigenvalue weighted by Crippen LogP contribution is -2.50. The number of amides is 3. The quantitative estimate of drug-likeness (QED) is 0.670. The van der Waals surface area contributed by atoms with Crippen molar-refractivity contribution in [2.45, 2.75) is 6.54 Å². The van der Waals surface area contributed by atoms with Crippen molar-refractivity contribution in [3.05, 3.63) is 90.3 Å². The molecule has 3 amide bonds. The molecule has 1 aliphatic rings. The molecule has 2 N–H and O–H groups in total. The molecular weight excluding hydrogens is 390 g/mol. The minimum Gasteiger partial charge on any atom is -0.368 e. The van der Waals surface area contributed by atoms with Crippen LogP contribution >= 0.6 is 0 Å². The SMILES string of the molecule is O=C(NCc1cccnc1)c1cccc(NC(=O)N2CCN(c3ccccc3)CC2)c1. The molecular formula is C24H25N5O2. The van der Waals surface area contributed by atoms with E-state index in [1.54, 1.807) is 41.6 Å². The van der Waals surface area contributed by atoms with E-state index < -0.39 is 0 Å². The molecule has 2 aromatic carbocycles. The van der Waals surface area contributed by atoms with Gasteiger partial charge in [0.2, 0.25) is 0 Å². The Bertz CT molecular complexity index is 1020. The molecule has 0 aliphatic carbocycles. The van der Waals surface area contributed by atoms with Crippen LogP contribution in [0.4, 0.5) is 16.2 Å². The number of hydrogen-bond donors (Lipinski definition) is 2. The molecule has 7 heteroatoms. The van der Waals surface area contributed by atoms with Crippen LogP contribution in [0.25, 0.3) is 0 Å². The summed E-state index contributed by atoms with van der Waals surface area (Å²) in [5.74, 6) is -0.198. The number of piperazine rings is 1. The van der Waals surface area contributed by atoms with Gasteiger partial charge >= 0.3 is 6.03 Å². The number of pyridine rings is 1. The number of aromatic nitrogens is 1. The Morgan fingerprint density at radius 2 is 1.71 bits per heavy atom. The first-order valence-electron chi connectivity index (χ1n) is 10.3. The van der Waals surface area contributed by atoms with Crippen molar-refractivity contribution in [3.63, 3.8) is 0 Å². The molecule has 0 saturated carbocycles. The highest BCUT2D eigenvalue weighted by molar-refractivity contribution is 5.96. The molecule has 4 rings (SSSR count). The minimum absolute atomic E-state index is 0.152. The maximum atomic E-state index is 12.7. The van der Waals surface area contributed by atoms with Gasteiger partial charge in [0.15, 0.2) is 0 Å². The molecule has 1 aromatic heterocycles. The van der Waals surface area contributed by atoms with Crippen LogP contribution in [0.1, 0.15) is 15.9 Å². The number of carbonyl (C=O) groups excluding carboxylic acids is 2. The maximum absolute atomic E-state index is 12.7. The number of rotatable bonds is 5. The highest BCUT2D eigenvalue weighted by Gasteiger charge is 2.21. The number of urea groups is 1. The normalized spacial score (nSPS) is 13.5. The summed E-state index contributed by atoms with van der Waals surface area (Å²) in [6.07, 6.45) is 3.41. The van der Waals surface area contributed by atoms with Crippen LogP contribution in [0.5, 0.6) is 0 Å². The fraction of sp³-hybridized carbons (Fsp3) is 0.208. The lowest BCUT2D eigenvalue weighted by Gasteiger charge is -2.36. The zero-order valence-corrected chi connectivity index (χ0v) is 17.2. The monoisotopic (exact) mass is 415 g/mol. The lowest BCUT2D eigenvalue weighted by molar-refractivity contribution is 0.0951. The first-order chi connectivity index (χ1) is 15.2. The van der Waals surface area contributed by atoms with E-state index in [1.165, 1.54) is 5.69 Å². The third-order valence-electron chi connectivity index (χ3n) is 5.24. The molecule has 158 valence electrons. The average Bonchev–Trinajstić information content (AvgIpc) is 2.84. The summed E-state index contributed by atoms with van der Waals surface area (Å²) in [6, 6.07) is 20.8. The smallest absolute Gasteiger partial charge is 0.321 e. The van der Waals surface area contributed by atoms with E-state index in [4.69, 9.17) is 0 Å². The van der Waals surface area contributed by atoms with Gasteiger partial charge in [-0.15, -0.1) is 0 Å². The average molecular weight is 415 g/mol. The number of carbonyl (C=O) groups is 2. The van der Waals surface area contributed by atoms with E-state index in [0.29, 0.717) is 30.9 Å². The van der Waals surface area contributed by atoms with E-state index in [1.807, 2.05) is 30.3 Å². The van der Waals surface area contributed by atoms with Gasteiger partial charge in [-0.2, -0.15) is 0 Å². The zero-order chi connectivity index (χ0) is 21.5. The first-order valence-corrected chi connectivity index (χ1v) is 10.3. The molecule has 0 atom stereocenters. The number of nitrogens with one attached hydrogen (secondary N) is 2. The third-order valence-corrected chi connectivity index (χ3v) is 5.24. The van der Waals surface area contributed by atoms with E-state index in [2.05, 4.69) is 32.7 Å². The predicted octanol–water partition coefficient (Wildman–Crippen LogP) is 3.37. The van der Waals surface area contributed by atoms with Crippen molar-refractivity contribution in [1.82, 2.24) is 15.2 Å². The maximum Gasteiger partial charge on any atom is 0.321 e. The van der Waals surface area contributed by atoms with E-state index >= 15 is 0 Å². The van der Waals surface area contributed by atoms with Gasteiger partial charge in [-0.1, -0.05) is 30.3 Å². The largest absolute Gasteiger partial charge is 0.368 e. The van der Waals surface area contributed by atoms with Crippen LogP contribution in [0.15, 0.2) is 79.1 Å². The summed E-state index contributed by atoms with van der Waals surface area (Å²) < 4.78 is 0. The molecule has 1 fully saturated rings. The Balaban J connectivity index is 1.30. The standard InChI is InChI=1S/C24H25N5O2/c30-23(26-18-19-6-5-11-25-17-19)20-7-4-8-21(16-20)27-24(31)29-14-12-28(13-15-29)22-9-2-1-3-10-22/h1-11,16-17H,12-15,18H2,(H,26,30)(H,27,31). The van der Waals surface area contributed by atoms with Crippen LogP contribution in [-0.2, 0) is 6.54 Å². The Kier molecular flexibility index (Phi) is 6.42. The van der Waals surface area contributed by atoms with Gasteiger partial charge in [0.05, 0.1) is 0 Å². The molecule has 3 aromatic rings. The molecule has 1 aliphatic heterocycles. The summed E-state index contributed by atoms with van der Waals surface area (Å²) >= 11 is 0. The number of hydrogen-bond acceptors (Lipinski definition) is 4. The molecule has 7 nitrogen and oxygen atoms in total. The first kappa shape index (κ1) is 20.4. The predicted molar refractivity (Wildman–Crippen MR) is 121 cm³/mol. The molecule has 0 unspecified atom stereocenters. The van der Waals surface area contributed by atoms with Gasteiger partial charge in [-0.3, -0.25) is 9.78 Å². The molecule has 2 heterocycles. The zero-order valence-electron chi connectivity index (χ0n) is 17.2. The van der Waals surface area contributed by atoms with Crippen molar-refractivity contribution in [3.8, 4) is 0 Å². The Labute approximate surface area is 181 Å². The van der Waals surface area contributed by atoms with Gasteiger partial charge in [0.1, 0.15) is 0 Å². The summed E-state index contributed by atoms with van der Waals surface area (Å²) in [5, 5.41) is 5.79. The van der Waals surface area contributed by atoms with E-state index in [0.717, 1.165) is 18.7 Å². The van der Waals surface area contributed by atoms with Crippen LogP contribution in [0.3, 0.4) is 0 Å². The van der Waals surface area contributed by atoms with Crippen LogP contribution in [0, 0.1) is 0 Å². The number of para-hydroxylation sites is 1. The van der Waals surface area contributed by atoms with E-state index in [-0.39, 0.29) is 11.9 Å². The van der Waals surface area contributed by atoms with Crippen LogP contribution < -0.4 is 15.5 Å². The fourth-order valence-electron chi connectivity index (χ4n) is 3.53. The number of anilines is 2. The Morgan fingerprint density at radius 3 is 2.45 bits per heavy atom. The second-order valence-corrected chi connectivity index (χ2v) is 7.36. The van der Waals surface area contributed by atoms with Crippen molar-refractivity contribution >= 4 is 23.3 Å². The molecule has 0 spiro atoms. The second kappa shape index (κ2) is 9.75. The van der Waals surface area contributed by atoms with Crippen molar-refractivity contribution < 1.29 is 9.59 Å². The van der Waals surface area contributed by atoms with Gasteiger partial charge in [-0.05, 0) is 42.0 Å². The van der Waals surface area contributed by atoms with Crippen LogP contribution in [-0.4, -0.2) is 48.0 Å². The van der Waals surface area contributed by atoms with Gasteiger partial charge in [0.25, 0.3) is 5.91 Å². The highest BCUT2D eigenvalue weighted by atomic mass is 16.2. The minimum atomic E-state index is -0.198. The summed E-state index contributed by atoms with van der Waals surface area (Å²) in [4.78, 5) is 33.3. The summed E-state index contributed by atoms with van der Waals surface area (Å²) in [5.41, 5.74) is 3.20. The number of nitrogens with zero attached hydrogens (tertiary/aromatic N) is 3. The molecule has 0 radical (unpaired) electrons. The van der Waals surface area contributed by atoms with Gasteiger partial charge in [0, 0.05) is 62.1 Å². The topological polar surface area (TPSA) is 77.6 Å². The van der Waals surface area contributed by atoms with Crippen LogP contribution in [0.2, 0.25) is 0 Å². The van der Waals surface area contributed by atoms with E-state index in [9.17, 15) is 9.59 Å². The fourth-order valence-corrected chi connectivity index (χ4v) is 3.53. The van der Waals surface area contributed by atoms with Gasteiger partial charge in [-0.25, -0.2) is 4.79 Å². The Hall–Kier alpha value is -3.87. The lowest BCUT2D eigenvalue weighted by atomic mass is 10.2. The van der Waals surface area contributed by atoms with Gasteiger partial charge < -0.3 is 20.4 Å². The third kappa shape index (κ3) is 5.39. The van der Waals surface area contributed by atoms with Crippen molar-refractivity contribution in [2.75, 3.05) is 36.4 Å². The highest BCUT2D eigenvalue weighted by Crippen LogP contribution is 2.17. The Morgan fingerprint density at radius 1 is 0.903 bits per heavy atom.